The van der Waals surface area contributed by atoms with Gasteiger partial charge in [0.15, 0.2) is 10.7 Å². The lowest BCUT2D eigenvalue weighted by Gasteiger charge is -2.34. The van der Waals surface area contributed by atoms with Crippen LogP contribution in [0.1, 0.15) is 36.4 Å². The van der Waals surface area contributed by atoms with Gasteiger partial charge < -0.3 is 19.3 Å². The maximum Gasteiger partial charge on any atom is 0.267 e. The second kappa shape index (κ2) is 12.4. The fraction of sp³-hybridized carbons (Fsp3) is 0.464. The summed E-state index contributed by atoms with van der Waals surface area (Å²) in [5, 5.41) is 13.6. The molecule has 1 aliphatic heterocycles. The summed E-state index contributed by atoms with van der Waals surface area (Å²) < 4.78 is 40.4. The summed E-state index contributed by atoms with van der Waals surface area (Å²) in [6.07, 6.45) is 3.23. The number of anilines is 1. The number of aromatic nitrogens is 2. The van der Waals surface area contributed by atoms with Gasteiger partial charge in [0.2, 0.25) is 5.91 Å². The summed E-state index contributed by atoms with van der Waals surface area (Å²) >= 11 is 0. The van der Waals surface area contributed by atoms with Gasteiger partial charge in [0, 0.05) is 49.2 Å². The highest BCUT2D eigenvalue weighted by atomic mass is 32.2. The van der Waals surface area contributed by atoms with Crippen molar-refractivity contribution in [2.45, 2.75) is 57.7 Å². The summed E-state index contributed by atoms with van der Waals surface area (Å²) in [4.78, 5) is 21.4. The van der Waals surface area contributed by atoms with E-state index >= 15 is 0 Å². The molecular weight excluding hydrogens is 534 g/mol. The number of pyridine rings is 1. The number of aliphatic hydroxyl groups is 1. The van der Waals surface area contributed by atoms with Crippen LogP contribution < -0.4 is 9.46 Å². The van der Waals surface area contributed by atoms with Crippen LogP contribution in [0.4, 0.5) is 5.69 Å². The lowest BCUT2D eigenvalue weighted by molar-refractivity contribution is -0.134. The van der Waals surface area contributed by atoms with E-state index in [2.05, 4.69) is 19.8 Å². The highest BCUT2D eigenvalue weighted by molar-refractivity contribution is 7.92. The number of sulfonamides is 1. The molecule has 216 valence electrons. The van der Waals surface area contributed by atoms with Gasteiger partial charge in [0.25, 0.3) is 10.0 Å². The van der Waals surface area contributed by atoms with E-state index in [-0.39, 0.29) is 59.0 Å². The van der Waals surface area contributed by atoms with E-state index in [1.165, 1.54) is 6.92 Å². The smallest absolute Gasteiger partial charge is 0.267 e. The fourth-order valence-corrected chi connectivity index (χ4v) is 6.33. The standard InChI is InChI=1S/C28H37N5O6S/c1-18-14-33(19(2)17-34)27(35)13-23-12-24(31-40(36,37)28-20(3)30-39-21(28)4)6-7-25(23)38-26(18)16-32(5)15-22-8-10-29-11-9-22/h6-12,18-19,26,31,34H,13-17H2,1-5H3/t18-,19-,26-/m1/s1. The number of nitrogens with zero attached hydrogens (tertiary/aromatic N) is 4. The molecular formula is C28H37N5O6S. The zero-order valence-corrected chi connectivity index (χ0v) is 24.3. The highest BCUT2D eigenvalue weighted by Crippen LogP contribution is 2.31. The number of fused-ring (bicyclic) bond motifs is 1. The molecule has 0 radical (unpaired) electrons. The van der Waals surface area contributed by atoms with Gasteiger partial charge in [-0.15, -0.1) is 0 Å². The van der Waals surface area contributed by atoms with Gasteiger partial charge in [0.1, 0.15) is 17.5 Å². The minimum atomic E-state index is -3.97. The number of hydrogen-bond acceptors (Lipinski definition) is 9. The molecule has 0 unspecified atom stereocenters. The largest absolute Gasteiger partial charge is 0.488 e. The van der Waals surface area contributed by atoms with Crippen LogP contribution in [-0.2, 0) is 27.8 Å². The van der Waals surface area contributed by atoms with E-state index in [0.717, 1.165) is 5.56 Å². The number of likely N-dealkylation sites (N-methyl/N-ethyl adjacent to an activating group) is 1. The van der Waals surface area contributed by atoms with E-state index < -0.39 is 10.0 Å². The highest BCUT2D eigenvalue weighted by Gasteiger charge is 2.31. The van der Waals surface area contributed by atoms with Crippen molar-refractivity contribution in [3.8, 4) is 5.75 Å². The molecule has 0 saturated carbocycles. The van der Waals surface area contributed by atoms with Crippen LogP contribution in [0, 0.1) is 19.8 Å². The third kappa shape index (κ3) is 6.80. The Kier molecular flexibility index (Phi) is 9.12. The molecule has 0 aliphatic carbocycles. The molecule has 11 nitrogen and oxygen atoms in total. The molecule has 0 bridgehead atoms. The lowest BCUT2D eigenvalue weighted by atomic mass is 10.0. The number of aryl methyl sites for hydroxylation is 2. The number of carbonyl (C=O) groups is 1. The van der Waals surface area contributed by atoms with E-state index in [4.69, 9.17) is 9.26 Å². The lowest BCUT2D eigenvalue weighted by Crippen LogP contribution is -2.47. The maximum absolute atomic E-state index is 13.5. The zero-order chi connectivity index (χ0) is 29.0. The second-order valence-electron chi connectivity index (χ2n) is 10.5. The summed E-state index contributed by atoms with van der Waals surface area (Å²) in [5.74, 6) is 0.477. The number of carbonyl (C=O) groups excluding carboxylic acids is 1. The van der Waals surface area contributed by atoms with Crippen LogP contribution in [0.2, 0.25) is 0 Å². The summed E-state index contributed by atoms with van der Waals surface area (Å²) in [6, 6.07) is 8.49. The summed E-state index contributed by atoms with van der Waals surface area (Å²) in [6.45, 7) is 8.46. The predicted molar refractivity (Wildman–Crippen MR) is 149 cm³/mol. The summed E-state index contributed by atoms with van der Waals surface area (Å²) in [5.41, 5.74) is 2.22. The van der Waals surface area contributed by atoms with Gasteiger partial charge in [-0.3, -0.25) is 19.4 Å². The number of nitrogens with one attached hydrogen (secondary N) is 1. The molecule has 40 heavy (non-hydrogen) atoms. The van der Waals surface area contributed by atoms with Gasteiger partial charge in [0.05, 0.1) is 19.1 Å². The topological polar surface area (TPSA) is 138 Å². The molecule has 2 N–H and O–H groups in total. The Hall–Kier alpha value is -3.48. The third-order valence-electron chi connectivity index (χ3n) is 7.10. The van der Waals surface area contributed by atoms with Gasteiger partial charge in [-0.1, -0.05) is 12.1 Å². The normalized spacial score (nSPS) is 18.9. The van der Waals surface area contributed by atoms with Crippen LogP contribution in [0.25, 0.3) is 0 Å². The molecule has 1 aliphatic rings. The van der Waals surface area contributed by atoms with Crippen molar-refractivity contribution in [1.29, 1.82) is 0 Å². The average Bonchev–Trinajstić information content (AvgIpc) is 3.27. The first-order valence-electron chi connectivity index (χ1n) is 13.2. The second-order valence-corrected chi connectivity index (χ2v) is 12.1. The molecule has 2 aromatic heterocycles. The van der Waals surface area contributed by atoms with Gasteiger partial charge >= 0.3 is 0 Å². The fourth-order valence-electron chi connectivity index (χ4n) is 4.95. The van der Waals surface area contributed by atoms with Crippen LogP contribution >= 0.6 is 0 Å². The molecule has 3 aromatic rings. The number of ether oxygens (including phenoxy) is 1. The van der Waals surface area contributed by atoms with E-state index in [1.54, 1.807) is 42.4 Å². The van der Waals surface area contributed by atoms with E-state index in [0.29, 0.717) is 30.9 Å². The van der Waals surface area contributed by atoms with Gasteiger partial charge in [-0.05, 0) is 63.7 Å². The number of amides is 1. The molecule has 3 heterocycles. The average molecular weight is 572 g/mol. The third-order valence-corrected chi connectivity index (χ3v) is 8.72. The monoisotopic (exact) mass is 571 g/mol. The van der Waals surface area contributed by atoms with Crippen LogP contribution in [0.5, 0.6) is 5.75 Å². The molecule has 0 spiro atoms. The zero-order valence-electron chi connectivity index (χ0n) is 23.5. The Morgan fingerprint density at radius 2 is 1.95 bits per heavy atom. The minimum absolute atomic E-state index is 0.00709. The van der Waals surface area contributed by atoms with Gasteiger partial charge in [-0.25, -0.2) is 8.42 Å². The Bertz CT molecular complexity index is 1410. The minimum Gasteiger partial charge on any atom is -0.488 e. The van der Waals surface area contributed by atoms with E-state index in [1.807, 2.05) is 33.0 Å². The number of rotatable bonds is 9. The first-order chi connectivity index (χ1) is 19.0. The SMILES string of the molecule is Cc1noc(C)c1S(=O)(=O)Nc1ccc2c(c1)CC(=O)N([C@H](C)CO)C[C@@H](C)[C@@H](CN(C)Cc1ccncc1)O2. The van der Waals surface area contributed by atoms with Crippen LogP contribution in [0.15, 0.2) is 52.1 Å². The molecule has 1 amide bonds. The van der Waals surface area contributed by atoms with Crippen molar-refractivity contribution < 1.29 is 27.6 Å². The van der Waals surface area contributed by atoms with Crippen molar-refractivity contribution in [3.63, 3.8) is 0 Å². The molecule has 0 fully saturated rings. The Morgan fingerprint density at radius 3 is 2.60 bits per heavy atom. The molecule has 3 atom stereocenters. The van der Waals surface area contributed by atoms with Crippen molar-refractivity contribution in [2.75, 3.05) is 31.5 Å². The number of benzene rings is 1. The Balaban J connectivity index is 1.65. The van der Waals surface area contributed by atoms with Crippen LogP contribution in [-0.4, -0.2) is 78.3 Å². The molecule has 0 saturated heterocycles. The Morgan fingerprint density at radius 1 is 1.23 bits per heavy atom. The maximum atomic E-state index is 13.5. The molecule has 4 rings (SSSR count). The first-order valence-corrected chi connectivity index (χ1v) is 14.7. The molecule has 12 heteroatoms. The quantitative estimate of drug-likeness (QED) is 0.397. The van der Waals surface area contributed by atoms with Crippen molar-refractivity contribution >= 4 is 21.6 Å². The van der Waals surface area contributed by atoms with Crippen LogP contribution in [0.3, 0.4) is 0 Å². The van der Waals surface area contributed by atoms with E-state index in [9.17, 15) is 18.3 Å². The molecule has 1 aromatic carbocycles. The number of aliphatic hydroxyl groups excluding tert-OH is 1. The predicted octanol–water partition coefficient (Wildman–Crippen LogP) is 2.77. The Labute approximate surface area is 235 Å². The summed E-state index contributed by atoms with van der Waals surface area (Å²) in [7, 11) is -1.97. The van der Waals surface area contributed by atoms with Gasteiger partial charge in [-0.2, -0.15) is 0 Å². The first kappa shape index (κ1) is 29.5. The van der Waals surface area contributed by atoms with Crippen molar-refractivity contribution in [3.05, 3.63) is 65.3 Å². The van der Waals surface area contributed by atoms with Crippen molar-refractivity contribution in [1.82, 2.24) is 19.9 Å². The number of hydrogen-bond donors (Lipinski definition) is 2. The van der Waals surface area contributed by atoms with Crippen molar-refractivity contribution in [2.24, 2.45) is 5.92 Å².